The summed E-state index contributed by atoms with van der Waals surface area (Å²) in [6.07, 6.45) is 4.63. The SMILES string of the molecule is Cc1cc(C)nc(-n2nc(C3CCCC3)c(CO)c2Cl)n1. The van der Waals surface area contributed by atoms with Crippen molar-refractivity contribution in [2.45, 2.75) is 52.1 Å². The average molecular weight is 307 g/mol. The van der Waals surface area contributed by atoms with Crippen LogP contribution in [0, 0.1) is 13.8 Å². The molecule has 112 valence electrons. The number of hydrogen-bond donors (Lipinski definition) is 1. The molecule has 3 rings (SSSR count). The van der Waals surface area contributed by atoms with Gasteiger partial charge in [-0.2, -0.15) is 9.78 Å². The van der Waals surface area contributed by atoms with Gasteiger partial charge in [-0.1, -0.05) is 24.4 Å². The number of nitrogens with zero attached hydrogens (tertiary/aromatic N) is 4. The van der Waals surface area contributed by atoms with Gasteiger partial charge < -0.3 is 5.11 Å². The predicted molar refractivity (Wildman–Crippen MR) is 80.8 cm³/mol. The largest absolute Gasteiger partial charge is 0.391 e. The van der Waals surface area contributed by atoms with Crippen LogP contribution < -0.4 is 0 Å². The number of halogens is 1. The van der Waals surface area contributed by atoms with Gasteiger partial charge in [0, 0.05) is 22.9 Å². The number of aliphatic hydroxyl groups is 1. The summed E-state index contributed by atoms with van der Waals surface area (Å²) < 4.78 is 1.56. The standard InChI is InChI=1S/C15H19ClN4O/c1-9-7-10(2)18-15(17-9)20-14(16)12(8-21)13(19-20)11-5-3-4-6-11/h7,11,21H,3-6,8H2,1-2H3. The van der Waals surface area contributed by atoms with Gasteiger partial charge in [-0.25, -0.2) is 9.97 Å². The van der Waals surface area contributed by atoms with Crippen molar-refractivity contribution < 1.29 is 5.11 Å². The summed E-state index contributed by atoms with van der Waals surface area (Å²) in [4.78, 5) is 8.81. The van der Waals surface area contributed by atoms with Crippen LogP contribution in [-0.2, 0) is 6.61 Å². The first-order chi connectivity index (χ1) is 10.1. The van der Waals surface area contributed by atoms with Crippen LogP contribution in [0.15, 0.2) is 6.07 Å². The van der Waals surface area contributed by atoms with Crippen molar-refractivity contribution in [3.63, 3.8) is 0 Å². The predicted octanol–water partition coefficient (Wildman–Crippen LogP) is 3.08. The number of rotatable bonds is 3. The van der Waals surface area contributed by atoms with Gasteiger partial charge in [0.1, 0.15) is 5.15 Å². The van der Waals surface area contributed by atoms with Crippen molar-refractivity contribution >= 4 is 11.6 Å². The Morgan fingerprint density at radius 2 is 1.86 bits per heavy atom. The van der Waals surface area contributed by atoms with Gasteiger partial charge >= 0.3 is 0 Å². The quantitative estimate of drug-likeness (QED) is 0.946. The van der Waals surface area contributed by atoms with E-state index in [0.29, 0.717) is 22.6 Å². The highest BCUT2D eigenvalue weighted by Crippen LogP contribution is 2.37. The third-order valence-corrected chi connectivity index (χ3v) is 4.40. The lowest BCUT2D eigenvalue weighted by Gasteiger charge is -2.06. The summed E-state index contributed by atoms with van der Waals surface area (Å²) >= 11 is 6.41. The third kappa shape index (κ3) is 2.68. The third-order valence-electron chi connectivity index (χ3n) is 4.01. The first-order valence-electron chi connectivity index (χ1n) is 7.31. The Morgan fingerprint density at radius 1 is 1.24 bits per heavy atom. The van der Waals surface area contributed by atoms with Crippen molar-refractivity contribution in [3.8, 4) is 5.95 Å². The molecule has 0 radical (unpaired) electrons. The molecule has 0 atom stereocenters. The van der Waals surface area contributed by atoms with Gasteiger partial charge in [0.2, 0.25) is 0 Å². The molecule has 0 unspecified atom stereocenters. The number of aromatic nitrogens is 4. The van der Waals surface area contributed by atoms with E-state index >= 15 is 0 Å². The molecule has 0 saturated heterocycles. The van der Waals surface area contributed by atoms with Gasteiger partial charge in [0.25, 0.3) is 5.95 Å². The highest BCUT2D eigenvalue weighted by atomic mass is 35.5. The van der Waals surface area contributed by atoms with E-state index in [1.165, 1.54) is 12.8 Å². The van der Waals surface area contributed by atoms with Crippen LogP contribution in [0.4, 0.5) is 0 Å². The average Bonchev–Trinajstić information content (AvgIpc) is 3.04. The lowest BCUT2D eigenvalue weighted by atomic mass is 10.0. The Kier molecular flexibility index (Phi) is 3.95. The van der Waals surface area contributed by atoms with Gasteiger partial charge in [0.15, 0.2) is 0 Å². The van der Waals surface area contributed by atoms with Crippen LogP contribution in [0.1, 0.15) is 54.2 Å². The molecule has 1 saturated carbocycles. The summed E-state index contributed by atoms with van der Waals surface area (Å²) in [6.45, 7) is 3.73. The Hall–Kier alpha value is -1.46. The Morgan fingerprint density at radius 3 is 2.43 bits per heavy atom. The zero-order valence-corrected chi connectivity index (χ0v) is 13.1. The van der Waals surface area contributed by atoms with E-state index in [9.17, 15) is 5.11 Å². The van der Waals surface area contributed by atoms with Crippen LogP contribution in [0.5, 0.6) is 0 Å². The van der Waals surface area contributed by atoms with Crippen molar-refractivity contribution in [1.29, 1.82) is 0 Å². The molecule has 1 aliphatic carbocycles. The second-order valence-corrected chi connectivity index (χ2v) is 6.01. The molecule has 1 fully saturated rings. The number of hydrogen-bond acceptors (Lipinski definition) is 4. The topological polar surface area (TPSA) is 63.8 Å². The molecule has 6 heteroatoms. The minimum atomic E-state index is -0.102. The van der Waals surface area contributed by atoms with Gasteiger partial charge in [-0.3, -0.25) is 0 Å². The first-order valence-corrected chi connectivity index (χ1v) is 7.68. The van der Waals surface area contributed by atoms with Crippen molar-refractivity contribution in [2.24, 2.45) is 0 Å². The minimum Gasteiger partial charge on any atom is -0.391 e. The van der Waals surface area contributed by atoms with E-state index in [2.05, 4.69) is 15.1 Å². The molecular weight excluding hydrogens is 288 g/mol. The zero-order chi connectivity index (χ0) is 15.0. The second kappa shape index (κ2) is 5.73. The molecule has 0 spiro atoms. The molecule has 0 bridgehead atoms. The van der Waals surface area contributed by atoms with Crippen LogP contribution in [-0.4, -0.2) is 24.9 Å². The van der Waals surface area contributed by atoms with Gasteiger partial charge in [0.05, 0.1) is 12.3 Å². The Balaban J connectivity index is 2.10. The summed E-state index contributed by atoms with van der Waals surface area (Å²) in [5.74, 6) is 0.855. The first kappa shape index (κ1) is 14.5. The summed E-state index contributed by atoms with van der Waals surface area (Å²) in [6, 6.07) is 1.91. The molecule has 5 nitrogen and oxygen atoms in total. The highest BCUT2D eigenvalue weighted by Gasteiger charge is 2.27. The Bertz CT molecular complexity index is 642. The summed E-state index contributed by atoms with van der Waals surface area (Å²) in [5, 5.41) is 14.7. The maximum absolute atomic E-state index is 9.65. The lowest BCUT2D eigenvalue weighted by molar-refractivity contribution is 0.280. The van der Waals surface area contributed by atoms with E-state index in [4.69, 9.17) is 11.6 Å². The van der Waals surface area contributed by atoms with Crippen molar-refractivity contribution in [1.82, 2.24) is 19.7 Å². The van der Waals surface area contributed by atoms with Gasteiger partial charge in [-0.15, -0.1) is 0 Å². The smallest absolute Gasteiger partial charge is 0.252 e. The molecule has 2 heterocycles. The minimum absolute atomic E-state index is 0.102. The van der Waals surface area contributed by atoms with E-state index in [1.54, 1.807) is 4.68 Å². The molecule has 0 aromatic carbocycles. The van der Waals surface area contributed by atoms with Crippen molar-refractivity contribution in [3.05, 3.63) is 33.9 Å². The zero-order valence-electron chi connectivity index (χ0n) is 12.3. The second-order valence-electron chi connectivity index (χ2n) is 5.66. The van der Waals surface area contributed by atoms with Crippen LogP contribution in [0.2, 0.25) is 5.15 Å². The normalized spacial score (nSPS) is 15.8. The maximum atomic E-state index is 9.65. The molecule has 2 aromatic rings. The number of aliphatic hydroxyl groups excluding tert-OH is 1. The molecule has 1 N–H and O–H groups in total. The lowest BCUT2D eigenvalue weighted by Crippen LogP contribution is -2.06. The molecule has 1 aliphatic rings. The van der Waals surface area contributed by atoms with E-state index < -0.39 is 0 Å². The summed E-state index contributed by atoms with van der Waals surface area (Å²) in [7, 11) is 0. The fraction of sp³-hybridized carbons (Fsp3) is 0.533. The molecule has 2 aromatic heterocycles. The van der Waals surface area contributed by atoms with E-state index in [1.807, 2.05) is 19.9 Å². The fourth-order valence-corrected chi connectivity index (χ4v) is 3.32. The van der Waals surface area contributed by atoms with Crippen molar-refractivity contribution in [2.75, 3.05) is 0 Å². The van der Waals surface area contributed by atoms with Gasteiger partial charge in [-0.05, 0) is 32.8 Å². The van der Waals surface area contributed by atoms with E-state index in [-0.39, 0.29) is 6.61 Å². The van der Waals surface area contributed by atoms with Crippen LogP contribution in [0.3, 0.4) is 0 Å². The molecule has 21 heavy (non-hydrogen) atoms. The number of aryl methyl sites for hydroxylation is 2. The van der Waals surface area contributed by atoms with Crippen LogP contribution in [0.25, 0.3) is 5.95 Å². The monoisotopic (exact) mass is 306 g/mol. The maximum Gasteiger partial charge on any atom is 0.252 e. The molecule has 0 amide bonds. The summed E-state index contributed by atoms with van der Waals surface area (Å²) in [5.41, 5.74) is 3.36. The fourth-order valence-electron chi connectivity index (χ4n) is 3.05. The highest BCUT2D eigenvalue weighted by molar-refractivity contribution is 6.30. The Labute approximate surface area is 129 Å². The van der Waals surface area contributed by atoms with E-state index in [0.717, 1.165) is 29.9 Å². The molecular formula is C15H19ClN4O. The molecule has 0 aliphatic heterocycles. The van der Waals surface area contributed by atoms with Crippen LogP contribution >= 0.6 is 11.6 Å².